The highest BCUT2D eigenvalue weighted by atomic mass is 35.5. The minimum Gasteiger partial charge on any atom is -0.280 e. The standard InChI is InChI=1S/C7H11Cl3O/c1-2-3-4-5(8)6(9)7(10)11/h5-6H,2-4H2,1H3. The number of rotatable bonds is 5. The van der Waals surface area contributed by atoms with Crippen molar-refractivity contribution in [3.63, 3.8) is 0 Å². The van der Waals surface area contributed by atoms with Crippen LogP contribution in [0.15, 0.2) is 0 Å². The van der Waals surface area contributed by atoms with Gasteiger partial charge in [0.25, 0.3) is 0 Å². The Hall–Kier alpha value is 0.540. The first-order chi connectivity index (χ1) is 5.09. The highest BCUT2D eigenvalue weighted by Gasteiger charge is 2.21. The Bertz CT molecular complexity index is 127. The average Bonchev–Trinajstić information content (AvgIpc) is 1.98. The Labute approximate surface area is 82.0 Å². The normalized spacial score (nSPS) is 16.0. The van der Waals surface area contributed by atoms with Gasteiger partial charge in [0.15, 0.2) is 0 Å². The predicted molar refractivity (Wildman–Crippen MR) is 49.7 cm³/mol. The molecule has 0 aliphatic rings. The van der Waals surface area contributed by atoms with Crippen molar-refractivity contribution in [2.24, 2.45) is 0 Å². The molecule has 0 radical (unpaired) electrons. The van der Waals surface area contributed by atoms with E-state index in [0.29, 0.717) is 0 Å². The van der Waals surface area contributed by atoms with Crippen molar-refractivity contribution in [3.05, 3.63) is 0 Å². The van der Waals surface area contributed by atoms with Gasteiger partial charge in [-0.1, -0.05) is 19.8 Å². The van der Waals surface area contributed by atoms with Gasteiger partial charge in [-0.25, -0.2) is 0 Å². The molecule has 0 aromatic rings. The maximum absolute atomic E-state index is 10.5. The molecule has 0 aliphatic carbocycles. The third kappa shape index (κ3) is 4.89. The van der Waals surface area contributed by atoms with Gasteiger partial charge in [0.2, 0.25) is 5.24 Å². The zero-order valence-electron chi connectivity index (χ0n) is 6.32. The van der Waals surface area contributed by atoms with Gasteiger partial charge in [0, 0.05) is 0 Å². The van der Waals surface area contributed by atoms with Crippen LogP contribution in [0, 0.1) is 0 Å². The zero-order valence-corrected chi connectivity index (χ0v) is 8.59. The Morgan fingerprint density at radius 1 is 1.45 bits per heavy atom. The van der Waals surface area contributed by atoms with Gasteiger partial charge >= 0.3 is 0 Å². The van der Waals surface area contributed by atoms with Crippen LogP contribution < -0.4 is 0 Å². The molecule has 0 heterocycles. The fraction of sp³-hybridized carbons (Fsp3) is 0.857. The summed E-state index contributed by atoms with van der Waals surface area (Å²) in [5, 5.41) is -1.64. The molecule has 0 N–H and O–H groups in total. The number of unbranched alkanes of at least 4 members (excludes halogenated alkanes) is 1. The van der Waals surface area contributed by atoms with Crippen molar-refractivity contribution < 1.29 is 4.79 Å². The molecule has 2 unspecified atom stereocenters. The molecule has 0 aromatic carbocycles. The molecular formula is C7H11Cl3O. The van der Waals surface area contributed by atoms with Crippen LogP contribution in [0.1, 0.15) is 26.2 Å². The molecule has 4 heteroatoms. The van der Waals surface area contributed by atoms with E-state index in [9.17, 15) is 4.79 Å². The molecule has 0 saturated heterocycles. The van der Waals surface area contributed by atoms with E-state index >= 15 is 0 Å². The SMILES string of the molecule is CCCCC(Cl)C(Cl)C(=O)Cl. The number of halogens is 3. The monoisotopic (exact) mass is 216 g/mol. The van der Waals surface area contributed by atoms with E-state index < -0.39 is 10.6 Å². The van der Waals surface area contributed by atoms with E-state index in [1.165, 1.54) is 0 Å². The third-order valence-electron chi connectivity index (χ3n) is 1.37. The molecule has 0 spiro atoms. The molecule has 1 nitrogen and oxygen atoms in total. The second kappa shape index (κ2) is 6.10. The first-order valence-corrected chi connectivity index (χ1v) is 4.82. The van der Waals surface area contributed by atoms with Gasteiger partial charge in [0.1, 0.15) is 5.38 Å². The molecule has 11 heavy (non-hydrogen) atoms. The molecule has 0 saturated carbocycles. The van der Waals surface area contributed by atoms with Gasteiger partial charge in [-0.05, 0) is 18.0 Å². The molecule has 0 aromatic heterocycles. The first kappa shape index (κ1) is 11.5. The van der Waals surface area contributed by atoms with E-state index in [-0.39, 0.29) is 5.38 Å². The molecule has 0 aliphatic heterocycles. The average molecular weight is 218 g/mol. The minimum absolute atomic E-state index is 0.332. The van der Waals surface area contributed by atoms with Crippen LogP contribution >= 0.6 is 34.8 Å². The van der Waals surface area contributed by atoms with Gasteiger partial charge in [-0.3, -0.25) is 4.79 Å². The molecular weight excluding hydrogens is 206 g/mol. The van der Waals surface area contributed by atoms with Crippen LogP contribution in [0.4, 0.5) is 0 Å². The second-order valence-electron chi connectivity index (χ2n) is 2.36. The number of carbonyl (C=O) groups excluding carboxylic acids is 1. The third-order valence-corrected chi connectivity index (χ3v) is 2.82. The summed E-state index contributed by atoms with van der Waals surface area (Å²) in [6.45, 7) is 2.05. The van der Waals surface area contributed by atoms with E-state index in [2.05, 4.69) is 6.92 Å². The summed E-state index contributed by atoms with van der Waals surface area (Å²) in [6, 6.07) is 0. The summed E-state index contributed by atoms with van der Waals surface area (Å²) in [7, 11) is 0. The Balaban J connectivity index is 3.63. The lowest BCUT2D eigenvalue weighted by Gasteiger charge is -2.10. The molecule has 0 amide bonds. The molecule has 0 bridgehead atoms. The lowest BCUT2D eigenvalue weighted by atomic mass is 10.1. The fourth-order valence-corrected chi connectivity index (χ4v) is 1.30. The van der Waals surface area contributed by atoms with Crippen molar-refractivity contribution in [1.82, 2.24) is 0 Å². The highest BCUT2D eigenvalue weighted by molar-refractivity contribution is 6.70. The van der Waals surface area contributed by atoms with Crippen molar-refractivity contribution >= 4 is 40.0 Å². The predicted octanol–water partition coefficient (Wildman–Crippen LogP) is 3.16. The summed E-state index contributed by atoms with van der Waals surface area (Å²) in [6.07, 6.45) is 2.76. The van der Waals surface area contributed by atoms with Crippen molar-refractivity contribution in [3.8, 4) is 0 Å². The smallest absolute Gasteiger partial charge is 0.241 e. The van der Waals surface area contributed by atoms with Crippen LogP contribution in [-0.2, 0) is 4.79 Å². The zero-order chi connectivity index (χ0) is 8.85. The molecule has 0 fully saturated rings. The number of hydrogen-bond acceptors (Lipinski definition) is 1. The number of alkyl halides is 2. The number of hydrogen-bond donors (Lipinski definition) is 0. The Morgan fingerprint density at radius 2 is 2.00 bits per heavy atom. The Kier molecular flexibility index (Phi) is 6.40. The summed E-state index contributed by atoms with van der Waals surface area (Å²) < 4.78 is 0. The summed E-state index contributed by atoms with van der Waals surface area (Å²) in [5.74, 6) is 0. The van der Waals surface area contributed by atoms with Crippen molar-refractivity contribution in [1.29, 1.82) is 0 Å². The maximum atomic E-state index is 10.5. The van der Waals surface area contributed by atoms with E-state index in [1.54, 1.807) is 0 Å². The summed E-state index contributed by atoms with van der Waals surface area (Å²) in [4.78, 5) is 10.5. The first-order valence-electron chi connectivity index (χ1n) is 3.57. The lowest BCUT2D eigenvalue weighted by molar-refractivity contribution is -0.111. The molecule has 66 valence electrons. The maximum Gasteiger partial charge on any atom is 0.241 e. The van der Waals surface area contributed by atoms with Gasteiger partial charge in [-0.2, -0.15) is 0 Å². The summed E-state index contributed by atoms with van der Waals surface area (Å²) in [5.41, 5.74) is 0. The Morgan fingerprint density at radius 3 is 2.36 bits per heavy atom. The lowest BCUT2D eigenvalue weighted by Crippen LogP contribution is -2.20. The van der Waals surface area contributed by atoms with Crippen LogP contribution in [0.2, 0.25) is 0 Å². The molecule has 0 rings (SSSR count). The second-order valence-corrected chi connectivity index (χ2v) is 3.77. The topological polar surface area (TPSA) is 17.1 Å². The van der Waals surface area contributed by atoms with Crippen LogP contribution in [-0.4, -0.2) is 16.0 Å². The van der Waals surface area contributed by atoms with Gasteiger partial charge < -0.3 is 0 Å². The van der Waals surface area contributed by atoms with Crippen LogP contribution in [0.3, 0.4) is 0 Å². The molecule has 2 atom stereocenters. The van der Waals surface area contributed by atoms with Gasteiger partial charge in [-0.15, -0.1) is 23.2 Å². The quantitative estimate of drug-likeness (QED) is 0.511. The van der Waals surface area contributed by atoms with Crippen molar-refractivity contribution in [2.75, 3.05) is 0 Å². The van der Waals surface area contributed by atoms with E-state index in [0.717, 1.165) is 19.3 Å². The van der Waals surface area contributed by atoms with Crippen LogP contribution in [0.25, 0.3) is 0 Å². The largest absolute Gasteiger partial charge is 0.280 e. The summed E-state index contributed by atoms with van der Waals surface area (Å²) >= 11 is 16.5. The highest BCUT2D eigenvalue weighted by Crippen LogP contribution is 2.18. The van der Waals surface area contributed by atoms with Gasteiger partial charge in [0.05, 0.1) is 5.38 Å². The fourth-order valence-electron chi connectivity index (χ4n) is 0.688. The van der Waals surface area contributed by atoms with Crippen molar-refractivity contribution in [2.45, 2.75) is 36.9 Å². The number of carbonyl (C=O) groups is 1. The van der Waals surface area contributed by atoms with Crippen LogP contribution in [0.5, 0.6) is 0 Å². The minimum atomic E-state index is -0.745. The van der Waals surface area contributed by atoms with E-state index in [1.807, 2.05) is 0 Å². The van der Waals surface area contributed by atoms with E-state index in [4.69, 9.17) is 34.8 Å².